The third-order valence-corrected chi connectivity index (χ3v) is 6.50. The Labute approximate surface area is 247 Å². The predicted octanol–water partition coefficient (Wildman–Crippen LogP) is -0.454. The van der Waals surface area contributed by atoms with Gasteiger partial charge in [-0.15, -0.1) is 0 Å². The summed E-state index contributed by atoms with van der Waals surface area (Å²) in [4.78, 5) is 78.0. The van der Waals surface area contributed by atoms with Gasteiger partial charge < -0.3 is 36.6 Å². The number of nitrogens with one attached hydrogen (secondary N) is 5. The second kappa shape index (κ2) is 13.8. The lowest BCUT2D eigenvalue weighted by molar-refractivity contribution is -0.142. The summed E-state index contributed by atoms with van der Waals surface area (Å²) in [6, 6.07) is 8.60. The van der Waals surface area contributed by atoms with E-state index in [9.17, 15) is 33.9 Å². The molecular weight excluding hydrogens is 544 g/mol. The van der Waals surface area contributed by atoms with Crippen molar-refractivity contribution in [2.24, 2.45) is 0 Å². The zero-order valence-electron chi connectivity index (χ0n) is 26.2. The summed E-state index contributed by atoms with van der Waals surface area (Å²) in [5.41, 5.74) is -5.08. The van der Waals surface area contributed by atoms with Crippen molar-refractivity contribution >= 4 is 35.4 Å². The molecule has 13 heteroatoms. The fourth-order valence-electron chi connectivity index (χ4n) is 3.81. The van der Waals surface area contributed by atoms with E-state index < -0.39 is 70.8 Å². The maximum Gasteiger partial charge on any atom is 0.247 e. The van der Waals surface area contributed by atoms with Crippen molar-refractivity contribution in [2.45, 2.75) is 83.5 Å². The number of likely N-dealkylation sites (N-methyl/N-ethyl adjacent to an activating group) is 1. The molecular formula is C29H46N6O7. The molecule has 0 aliphatic carbocycles. The van der Waals surface area contributed by atoms with Gasteiger partial charge in [0, 0.05) is 14.1 Å². The predicted molar refractivity (Wildman–Crippen MR) is 157 cm³/mol. The normalized spacial score (nSPS) is 12.8. The Kier molecular flexibility index (Phi) is 11.8. The highest BCUT2D eigenvalue weighted by molar-refractivity contribution is 6.00. The summed E-state index contributed by atoms with van der Waals surface area (Å²) in [7, 11) is 3.12. The van der Waals surface area contributed by atoms with Crippen LogP contribution in [0.25, 0.3) is 0 Å². The molecule has 0 radical (unpaired) electrons. The van der Waals surface area contributed by atoms with Crippen LogP contribution in [0.4, 0.5) is 0 Å². The van der Waals surface area contributed by atoms with Crippen molar-refractivity contribution in [1.82, 2.24) is 31.5 Å². The second-order valence-corrected chi connectivity index (χ2v) is 12.5. The van der Waals surface area contributed by atoms with E-state index in [0.29, 0.717) is 5.56 Å². The number of aliphatic hydroxyl groups is 1. The molecule has 1 unspecified atom stereocenters. The van der Waals surface area contributed by atoms with Crippen LogP contribution in [0.3, 0.4) is 0 Å². The molecule has 1 atom stereocenters. The minimum absolute atomic E-state index is 0.334. The van der Waals surface area contributed by atoms with Crippen molar-refractivity contribution in [2.75, 3.05) is 27.2 Å². The number of nitrogens with zero attached hydrogens (tertiary/aromatic N) is 1. The Bertz CT molecular complexity index is 1180. The van der Waals surface area contributed by atoms with Crippen LogP contribution >= 0.6 is 0 Å². The SMILES string of the molecule is CN(C)C(=O)C(C)(C)NC(=O)C(C)(C)NC(=O)C(C)(C)NC(=O)C(C)(C)NC(=O)CNC(=O)C(CO)c1ccccc1. The first kappa shape index (κ1) is 36.0. The number of carbonyl (C=O) groups is 6. The molecule has 234 valence electrons. The summed E-state index contributed by atoms with van der Waals surface area (Å²) in [5.74, 6) is -4.40. The number of hydrogen-bond acceptors (Lipinski definition) is 7. The molecule has 42 heavy (non-hydrogen) atoms. The molecule has 1 aromatic rings. The molecule has 0 aliphatic heterocycles. The van der Waals surface area contributed by atoms with E-state index in [2.05, 4.69) is 26.6 Å². The lowest BCUT2D eigenvalue weighted by atomic mass is 9.95. The van der Waals surface area contributed by atoms with Gasteiger partial charge >= 0.3 is 0 Å². The number of amides is 6. The highest BCUT2D eigenvalue weighted by Crippen LogP contribution is 2.16. The fourth-order valence-corrected chi connectivity index (χ4v) is 3.81. The summed E-state index contributed by atoms with van der Waals surface area (Å²) in [6.07, 6.45) is 0. The zero-order valence-corrected chi connectivity index (χ0v) is 26.2. The molecule has 13 nitrogen and oxygen atoms in total. The van der Waals surface area contributed by atoms with Crippen molar-refractivity contribution < 1.29 is 33.9 Å². The van der Waals surface area contributed by atoms with E-state index in [1.807, 2.05) is 0 Å². The van der Waals surface area contributed by atoms with E-state index in [0.717, 1.165) is 0 Å². The molecule has 0 aliphatic rings. The first-order chi connectivity index (χ1) is 19.1. The summed E-state index contributed by atoms with van der Waals surface area (Å²) in [6.45, 7) is 10.9. The van der Waals surface area contributed by atoms with Gasteiger partial charge in [-0.05, 0) is 61.0 Å². The van der Waals surface area contributed by atoms with Crippen LogP contribution in [0.2, 0.25) is 0 Å². The molecule has 6 N–H and O–H groups in total. The average molecular weight is 591 g/mol. The van der Waals surface area contributed by atoms with Gasteiger partial charge in [0.05, 0.1) is 19.1 Å². The minimum Gasteiger partial charge on any atom is -0.395 e. The Morgan fingerprint density at radius 3 is 1.50 bits per heavy atom. The lowest BCUT2D eigenvalue weighted by Gasteiger charge is -2.36. The molecule has 0 saturated heterocycles. The first-order valence-corrected chi connectivity index (χ1v) is 13.5. The van der Waals surface area contributed by atoms with E-state index in [-0.39, 0.29) is 5.91 Å². The van der Waals surface area contributed by atoms with Gasteiger partial charge in [-0.3, -0.25) is 28.8 Å². The lowest BCUT2D eigenvalue weighted by Crippen LogP contribution is -2.67. The van der Waals surface area contributed by atoms with Crippen LogP contribution in [0.1, 0.15) is 66.9 Å². The first-order valence-electron chi connectivity index (χ1n) is 13.5. The van der Waals surface area contributed by atoms with E-state index in [4.69, 9.17) is 0 Å². The highest BCUT2D eigenvalue weighted by atomic mass is 16.3. The molecule has 0 aromatic heterocycles. The molecule has 1 aromatic carbocycles. The number of carbonyl (C=O) groups excluding carboxylic acids is 6. The third kappa shape index (κ3) is 9.82. The van der Waals surface area contributed by atoms with Crippen LogP contribution in [-0.4, -0.2) is 94.9 Å². The average Bonchev–Trinajstić information content (AvgIpc) is 2.86. The van der Waals surface area contributed by atoms with Crippen LogP contribution in [-0.2, 0) is 28.8 Å². The second-order valence-electron chi connectivity index (χ2n) is 12.5. The van der Waals surface area contributed by atoms with Crippen molar-refractivity contribution in [1.29, 1.82) is 0 Å². The Balaban J connectivity index is 2.79. The summed E-state index contributed by atoms with van der Waals surface area (Å²) in [5, 5.41) is 22.4. The topological polar surface area (TPSA) is 186 Å². The van der Waals surface area contributed by atoms with E-state index in [1.54, 1.807) is 58.3 Å². The standard InChI is InChI=1S/C29H46N6O7/c1-26(2,31-20(37)16-30-21(38)19(17-36)18-14-12-11-13-15-18)22(39)32-27(3,4)23(40)33-28(5,6)24(41)34-29(7,8)25(42)35(9)10/h11-15,19,36H,16-17H2,1-10H3,(H,30,38)(H,31,37)(H,32,39)(H,33,40)(H,34,41). The van der Waals surface area contributed by atoms with Crippen LogP contribution < -0.4 is 26.6 Å². The minimum atomic E-state index is -1.51. The molecule has 0 heterocycles. The zero-order chi connectivity index (χ0) is 32.7. The number of rotatable bonds is 13. The largest absolute Gasteiger partial charge is 0.395 e. The molecule has 0 saturated carbocycles. The third-order valence-electron chi connectivity index (χ3n) is 6.50. The Morgan fingerprint density at radius 1 is 0.690 bits per heavy atom. The number of hydrogen-bond donors (Lipinski definition) is 6. The van der Waals surface area contributed by atoms with Gasteiger partial charge in [0.1, 0.15) is 22.2 Å². The molecule has 0 bridgehead atoms. The van der Waals surface area contributed by atoms with Crippen molar-refractivity contribution in [3.63, 3.8) is 0 Å². The molecule has 1 rings (SSSR count). The highest BCUT2D eigenvalue weighted by Gasteiger charge is 2.42. The van der Waals surface area contributed by atoms with Gasteiger partial charge in [-0.25, -0.2) is 0 Å². The molecule has 0 spiro atoms. The van der Waals surface area contributed by atoms with Gasteiger partial charge in [0.25, 0.3) is 0 Å². The van der Waals surface area contributed by atoms with Gasteiger partial charge in [0.15, 0.2) is 0 Å². The summed E-state index contributed by atoms with van der Waals surface area (Å²) < 4.78 is 0. The smallest absolute Gasteiger partial charge is 0.247 e. The fraction of sp³-hybridized carbons (Fsp3) is 0.586. The van der Waals surface area contributed by atoms with Crippen molar-refractivity contribution in [3.05, 3.63) is 35.9 Å². The molecule has 0 fully saturated rings. The maximum atomic E-state index is 13.1. The van der Waals surface area contributed by atoms with E-state index >= 15 is 0 Å². The van der Waals surface area contributed by atoms with Gasteiger partial charge in [0.2, 0.25) is 35.4 Å². The van der Waals surface area contributed by atoms with E-state index in [1.165, 1.54) is 46.4 Å². The van der Waals surface area contributed by atoms with Crippen LogP contribution in [0.15, 0.2) is 30.3 Å². The monoisotopic (exact) mass is 590 g/mol. The van der Waals surface area contributed by atoms with Crippen LogP contribution in [0, 0.1) is 0 Å². The Hall–Kier alpha value is -4.00. The van der Waals surface area contributed by atoms with Gasteiger partial charge in [-0.2, -0.15) is 0 Å². The number of aliphatic hydroxyl groups excluding tert-OH is 1. The number of benzene rings is 1. The summed E-state index contributed by atoms with van der Waals surface area (Å²) >= 11 is 0. The van der Waals surface area contributed by atoms with Crippen molar-refractivity contribution in [3.8, 4) is 0 Å². The van der Waals surface area contributed by atoms with Crippen LogP contribution in [0.5, 0.6) is 0 Å². The Morgan fingerprint density at radius 2 is 1.10 bits per heavy atom. The molecule has 6 amide bonds. The maximum absolute atomic E-state index is 13.1. The quantitative estimate of drug-likeness (QED) is 0.179. The van der Waals surface area contributed by atoms with Gasteiger partial charge in [-0.1, -0.05) is 30.3 Å².